The van der Waals surface area contributed by atoms with Crippen LogP contribution in [-0.4, -0.2) is 26.0 Å². The smallest absolute Gasteiger partial charge is 0.234 e. The van der Waals surface area contributed by atoms with Gasteiger partial charge < -0.3 is 10.2 Å². The number of rotatable bonds is 4. The van der Waals surface area contributed by atoms with Crippen molar-refractivity contribution in [3.63, 3.8) is 0 Å². The second-order valence-electron chi connectivity index (χ2n) is 5.80. The highest BCUT2D eigenvalue weighted by Gasteiger charge is 2.39. The summed E-state index contributed by atoms with van der Waals surface area (Å²) in [7, 11) is 1.90. The van der Waals surface area contributed by atoms with Crippen molar-refractivity contribution in [2.75, 3.05) is 25.0 Å². The summed E-state index contributed by atoms with van der Waals surface area (Å²) in [6, 6.07) is 8.32. The molecular weight excluding hydrogens is 248 g/mol. The first-order valence-corrected chi connectivity index (χ1v) is 7.71. The number of nitrogens with zero attached hydrogens (tertiary/aromatic N) is 1. The van der Waals surface area contributed by atoms with Gasteiger partial charge in [0.2, 0.25) is 5.91 Å². The highest BCUT2D eigenvalue weighted by atomic mass is 16.2. The van der Waals surface area contributed by atoms with E-state index in [0.29, 0.717) is 0 Å². The Bertz CT molecular complexity index is 447. The predicted octanol–water partition coefficient (Wildman–Crippen LogP) is 2.99. The van der Waals surface area contributed by atoms with Crippen LogP contribution in [0, 0.1) is 5.41 Å². The summed E-state index contributed by atoms with van der Waals surface area (Å²) in [6.07, 6.45) is 4.01. The summed E-state index contributed by atoms with van der Waals surface area (Å²) >= 11 is 0. The van der Waals surface area contributed by atoms with Gasteiger partial charge in [-0.25, -0.2) is 0 Å². The molecule has 3 heteroatoms. The molecule has 110 valence electrons. The van der Waals surface area contributed by atoms with E-state index in [1.165, 1.54) is 5.56 Å². The van der Waals surface area contributed by atoms with E-state index in [1.807, 2.05) is 11.9 Å². The Labute approximate surface area is 122 Å². The molecule has 0 saturated carbocycles. The molecule has 0 aliphatic carbocycles. The summed E-state index contributed by atoms with van der Waals surface area (Å²) in [6.45, 7) is 6.10. The van der Waals surface area contributed by atoms with Crippen molar-refractivity contribution in [2.45, 2.75) is 39.5 Å². The summed E-state index contributed by atoms with van der Waals surface area (Å²) in [5.74, 6) is 0.247. The van der Waals surface area contributed by atoms with Crippen LogP contribution in [0.15, 0.2) is 24.3 Å². The van der Waals surface area contributed by atoms with Crippen molar-refractivity contribution in [2.24, 2.45) is 5.41 Å². The number of piperidine rings is 1. The summed E-state index contributed by atoms with van der Waals surface area (Å²) in [5.41, 5.74) is 2.07. The molecule has 1 heterocycles. The van der Waals surface area contributed by atoms with Crippen molar-refractivity contribution >= 4 is 11.6 Å². The number of amides is 1. The van der Waals surface area contributed by atoms with Crippen LogP contribution < -0.4 is 10.2 Å². The quantitative estimate of drug-likeness (QED) is 0.915. The van der Waals surface area contributed by atoms with Gasteiger partial charge in [0, 0.05) is 19.3 Å². The highest BCUT2D eigenvalue weighted by molar-refractivity contribution is 5.97. The molecule has 20 heavy (non-hydrogen) atoms. The summed E-state index contributed by atoms with van der Waals surface area (Å²) in [5, 5.41) is 3.38. The minimum atomic E-state index is -0.226. The molecule has 0 radical (unpaired) electrons. The van der Waals surface area contributed by atoms with Crippen LogP contribution in [0.5, 0.6) is 0 Å². The molecule has 0 aromatic heterocycles. The number of hydrogen-bond acceptors (Lipinski definition) is 2. The second kappa shape index (κ2) is 6.40. The average molecular weight is 274 g/mol. The molecule has 1 N–H and O–H groups in total. The van der Waals surface area contributed by atoms with Crippen molar-refractivity contribution < 1.29 is 4.79 Å². The molecule has 1 aliphatic rings. The van der Waals surface area contributed by atoms with E-state index in [4.69, 9.17) is 0 Å². The van der Waals surface area contributed by atoms with Gasteiger partial charge in [-0.3, -0.25) is 4.79 Å². The van der Waals surface area contributed by atoms with E-state index in [-0.39, 0.29) is 11.3 Å². The minimum absolute atomic E-state index is 0.226. The van der Waals surface area contributed by atoms with E-state index < -0.39 is 0 Å². The number of anilines is 1. The largest absolute Gasteiger partial charge is 0.316 e. The third-order valence-corrected chi connectivity index (χ3v) is 4.64. The molecule has 1 saturated heterocycles. The zero-order chi connectivity index (χ0) is 14.6. The molecular formula is C17H26N2O. The SMILES string of the molecule is CCc1ccc(N(C)C(=O)C2(CC)CCCNC2)cc1. The Morgan fingerprint density at radius 1 is 1.30 bits per heavy atom. The standard InChI is InChI=1S/C17H26N2O/c1-4-14-7-9-15(10-8-14)19(3)16(20)17(5-2)11-6-12-18-13-17/h7-10,18H,4-6,11-13H2,1-3H3. The van der Waals surface area contributed by atoms with Crippen molar-refractivity contribution in [3.05, 3.63) is 29.8 Å². The first-order chi connectivity index (χ1) is 9.63. The monoisotopic (exact) mass is 274 g/mol. The van der Waals surface area contributed by atoms with Crippen LogP contribution in [0.25, 0.3) is 0 Å². The second-order valence-corrected chi connectivity index (χ2v) is 5.80. The van der Waals surface area contributed by atoms with Gasteiger partial charge in [-0.15, -0.1) is 0 Å². The number of carbonyl (C=O) groups is 1. The van der Waals surface area contributed by atoms with Gasteiger partial charge in [0.05, 0.1) is 5.41 Å². The third kappa shape index (κ3) is 2.88. The molecule has 3 nitrogen and oxygen atoms in total. The lowest BCUT2D eigenvalue weighted by atomic mass is 9.77. The van der Waals surface area contributed by atoms with Gasteiger partial charge in [-0.05, 0) is 49.9 Å². The van der Waals surface area contributed by atoms with E-state index in [1.54, 1.807) is 0 Å². The third-order valence-electron chi connectivity index (χ3n) is 4.64. The maximum absolute atomic E-state index is 12.9. The van der Waals surface area contributed by atoms with Gasteiger partial charge in [0.25, 0.3) is 0 Å². The number of carbonyl (C=O) groups excluding carboxylic acids is 1. The normalized spacial score (nSPS) is 22.6. The van der Waals surface area contributed by atoms with E-state index in [2.05, 4.69) is 43.4 Å². The minimum Gasteiger partial charge on any atom is -0.316 e. The Kier molecular flexibility index (Phi) is 4.81. The fraction of sp³-hybridized carbons (Fsp3) is 0.588. The summed E-state index contributed by atoms with van der Waals surface area (Å²) < 4.78 is 0. The molecule has 1 aromatic carbocycles. The molecule has 1 fully saturated rings. The zero-order valence-electron chi connectivity index (χ0n) is 12.9. The molecule has 0 bridgehead atoms. The lowest BCUT2D eigenvalue weighted by molar-refractivity contribution is -0.129. The van der Waals surface area contributed by atoms with Gasteiger partial charge in [0.1, 0.15) is 0 Å². The van der Waals surface area contributed by atoms with Gasteiger partial charge in [-0.2, -0.15) is 0 Å². The van der Waals surface area contributed by atoms with Crippen molar-refractivity contribution in [1.29, 1.82) is 0 Å². The van der Waals surface area contributed by atoms with Crippen LogP contribution in [0.3, 0.4) is 0 Å². The van der Waals surface area contributed by atoms with Gasteiger partial charge in [-0.1, -0.05) is 26.0 Å². The van der Waals surface area contributed by atoms with Gasteiger partial charge in [0.15, 0.2) is 0 Å². The topological polar surface area (TPSA) is 32.3 Å². The Hall–Kier alpha value is -1.35. The average Bonchev–Trinajstić information content (AvgIpc) is 2.54. The van der Waals surface area contributed by atoms with Crippen LogP contribution in [0.4, 0.5) is 5.69 Å². The molecule has 1 unspecified atom stereocenters. The molecule has 2 rings (SSSR count). The molecule has 1 amide bonds. The van der Waals surface area contributed by atoms with Crippen LogP contribution in [-0.2, 0) is 11.2 Å². The van der Waals surface area contributed by atoms with E-state index in [9.17, 15) is 4.79 Å². The summed E-state index contributed by atoms with van der Waals surface area (Å²) in [4.78, 5) is 14.7. The zero-order valence-corrected chi connectivity index (χ0v) is 12.9. The fourth-order valence-electron chi connectivity index (χ4n) is 3.03. The van der Waals surface area contributed by atoms with Gasteiger partial charge >= 0.3 is 0 Å². The first-order valence-electron chi connectivity index (χ1n) is 7.71. The van der Waals surface area contributed by atoms with Crippen LogP contribution >= 0.6 is 0 Å². The number of nitrogens with one attached hydrogen (secondary N) is 1. The highest BCUT2D eigenvalue weighted by Crippen LogP contribution is 2.33. The Morgan fingerprint density at radius 2 is 2.00 bits per heavy atom. The Balaban J connectivity index is 2.17. The lowest BCUT2D eigenvalue weighted by Crippen LogP contribution is -2.50. The van der Waals surface area contributed by atoms with Crippen molar-refractivity contribution in [3.8, 4) is 0 Å². The van der Waals surface area contributed by atoms with E-state index >= 15 is 0 Å². The predicted molar refractivity (Wildman–Crippen MR) is 84.1 cm³/mol. The fourth-order valence-corrected chi connectivity index (χ4v) is 3.03. The lowest BCUT2D eigenvalue weighted by Gasteiger charge is -2.38. The first kappa shape index (κ1) is 15.0. The Morgan fingerprint density at radius 3 is 2.50 bits per heavy atom. The molecule has 1 aliphatic heterocycles. The molecule has 0 spiro atoms. The number of hydrogen-bond donors (Lipinski definition) is 1. The number of benzene rings is 1. The maximum atomic E-state index is 12.9. The van der Waals surface area contributed by atoms with E-state index in [0.717, 1.165) is 44.5 Å². The molecule has 1 aromatic rings. The molecule has 1 atom stereocenters. The van der Waals surface area contributed by atoms with Crippen LogP contribution in [0.2, 0.25) is 0 Å². The van der Waals surface area contributed by atoms with Crippen molar-refractivity contribution in [1.82, 2.24) is 5.32 Å². The number of aryl methyl sites for hydroxylation is 1. The maximum Gasteiger partial charge on any atom is 0.234 e. The van der Waals surface area contributed by atoms with Crippen LogP contribution in [0.1, 0.15) is 38.7 Å².